The summed E-state index contributed by atoms with van der Waals surface area (Å²) < 4.78 is 1.68. The molecular formula is C9H6BrNO2S. The van der Waals surface area contributed by atoms with Crippen molar-refractivity contribution < 1.29 is 9.90 Å². The molecule has 3 N–H and O–H groups in total. The highest BCUT2D eigenvalue weighted by Gasteiger charge is 2.10. The van der Waals surface area contributed by atoms with E-state index in [9.17, 15) is 4.79 Å². The molecule has 0 spiro atoms. The molecule has 5 heteroatoms. The largest absolute Gasteiger partial charge is 0.477 e. The zero-order valence-electron chi connectivity index (χ0n) is 6.95. The number of fused-ring (bicyclic) bond motifs is 1. The number of hydrogen-bond acceptors (Lipinski definition) is 3. The Labute approximate surface area is 92.3 Å². The van der Waals surface area contributed by atoms with E-state index in [-0.39, 0.29) is 0 Å². The molecule has 0 bridgehead atoms. The molecule has 0 aliphatic heterocycles. The number of nitrogen functional groups attached to an aromatic ring is 1. The fourth-order valence-corrected chi connectivity index (χ4v) is 2.65. The van der Waals surface area contributed by atoms with Gasteiger partial charge in [-0.3, -0.25) is 0 Å². The number of hydrogen-bond donors (Lipinski definition) is 2. The van der Waals surface area contributed by atoms with Crippen LogP contribution in [-0.2, 0) is 0 Å². The maximum Gasteiger partial charge on any atom is 0.345 e. The first-order chi connectivity index (χ1) is 6.58. The van der Waals surface area contributed by atoms with Gasteiger partial charge in [-0.25, -0.2) is 4.79 Å². The summed E-state index contributed by atoms with van der Waals surface area (Å²) in [6.07, 6.45) is 0. The van der Waals surface area contributed by atoms with Crippen LogP contribution in [0.25, 0.3) is 10.1 Å². The predicted molar refractivity (Wildman–Crippen MR) is 60.9 cm³/mol. The van der Waals surface area contributed by atoms with E-state index in [0.717, 1.165) is 14.6 Å². The normalized spacial score (nSPS) is 10.6. The number of nitrogens with two attached hydrogens (primary N) is 1. The van der Waals surface area contributed by atoms with Crippen LogP contribution in [0.5, 0.6) is 0 Å². The topological polar surface area (TPSA) is 63.3 Å². The molecule has 2 rings (SSSR count). The van der Waals surface area contributed by atoms with Crippen LogP contribution >= 0.6 is 27.3 Å². The molecule has 3 nitrogen and oxygen atoms in total. The van der Waals surface area contributed by atoms with Crippen molar-refractivity contribution in [1.82, 2.24) is 0 Å². The minimum Gasteiger partial charge on any atom is -0.477 e. The first-order valence-electron chi connectivity index (χ1n) is 3.80. The van der Waals surface area contributed by atoms with E-state index in [4.69, 9.17) is 10.8 Å². The molecule has 0 saturated heterocycles. The molecule has 1 aromatic carbocycles. The van der Waals surface area contributed by atoms with E-state index in [0.29, 0.717) is 10.6 Å². The fraction of sp³-hybridized carbons (Fsp3) is 0. The third-order valence-electron chi connectivity index (χ3n) is 1.82. The Bertz CT molecular complexity index is 521. The van der Waals surface area contributed by atoms with Crippen LogP contribution < -0.4 is 5.73 Å². The predicted octanol–water partition coefficient (Wildman–Crippen LogP) is 2.94. The van der Waals surface area contributed by atoms with Crippen LogP contribution in [0.2, 0.25) is 0 Å². The number of benzene rings is 1. The lowest BCUT2D eigenvalue weighted by Crippen LogP contribution is -1.89. The lowest BCUT2D eigenvalue weighted by atomic mass is 10.2. The van der Waals surface area contributed by atoms with Crippen LogP contribution in [0, 0.1) is 0 Å². The first kappa shape index (κ1) is 9.48. The maximum atomic E-state index is 10.7. The number of anilines is 1. The van der Waals surface area contributed by atoms with Gasteiger partial charge in [0.25, 0.3) is 0 Å². The lowest BCUT2D eigenvalue weighted by Gasteiger charge is -1.95. The molecule has 1 heterocycles. The number of halogens is 1. The Balaban J connectivity index is 2.76. The van der Waals surface area contributed by atoms with Crippen molar-refractivity contribution in [2.75, 3.05) is 5.73 Å². The molecule has 14 heavy (non-hydrogen) atoms. The van der Waals surface area contributed by atoms with Gasteiger partial charge in [0.1, 0.15) is 4.88 Å². The molecular weight excluding hydrogens is 266 g/mol. The van der Waals surface area contributed by atoms with Crippen LogP contribution in [0.4, 0.5) is 5.69 Å². The summed E-state index contributed by atoms with van der Waals surface area (Å²) in [5.74, 6) is -0.915. The number of rotatable bonds is 1. The summed E-state index contributed by atoms with van der Waals surface area (Å²) in [6.45, 7) is 0. The second-order valence-corrected chi connectivity index (χ2v) is 4.80. The van der Waals surface area contributed by atoms with E-state index >= 15 is 0 Å². The summed E-state index contributed by atoms with van der Waals surface area (Å²) >= 11 is 4.50. The van der Waals surface area contributed by atoms with Crippen molar-refractivity contribution in [3.8, 4) is 0 Å². The minimum absolute atomic E-state index is 0.310. The van der Waals surface area contributed by atoms with Crippen LogP contribution in [0.1, 0.15) is 9.67 Å². The lowest BCUT2D eigenvalue weighted by molar-refractivity contribution is 0.0702. The Kier molecular flexibility index (Phi) is 2.20. The minimum atomic E-state index is -0.915. The second-order valence-electron chi connectivity index (χ2n) is 2.83. The number of aromatic carboxylic acids is 1. The standard InChI is InChI=1S/C9H6BrNO2S/c10-5-1-4-2-7(9(12)13)14-8(4)6(11)3-5/h1-3H,11H2,(H,12,13). The maximum absolute atomic E-state index is 10.7. The number of carboxylic acids is 1. The smallest absolute Gasteiger partial charge is 0.345 e. The molecule has 0 fully saturated rings. The quantitative estimate of drug-likeness (QED) is 0.784. The third kappa shape index (κ3) is 1.49. The SMILES string of the molecule is Nc1cc(Br)cc2cc(C(=O)O)sc12. The van der Waals surface area contributed by atoms with Gasteiger partial charge in [-0.2, -0.15) is 0 Å². The second kappa shape index (κ2) is 3.25. The van der Waals surface area contributed by atoms with Crippen molar-refractivity contribution in [2.45, 2.75) is 0 Å². The number of carbonyl (C=O) groups is 1. The zero-order chi connectivity index (χ0) is 10.3. The molecule has 0 aliphatic rings. The van der Waals surface area contributed by atoms with Gasteiger partial charge in [-0.05, 0) is 23.6 Å². The summed E-state index contributed by atoms with van der Waals surface area (Å²) in [7, 11) is 0. The van der Waals surface area contributed by atoms with Gasteiger partial charge in [0.2, 0.25) is 0 Å². The van der Waals surface area contributed by atoms with E-state index in [1.807, 2.05) is 6.07 Å². The molecule has 0 radical (unpaired) electrons. The van der Waals surface area contributed by atoms with Gasteiger partial charge in [0, 0.05) is 4.47 Å². The van der Waals surface area contributed by atoms with Crippen LogP contribution in [-0.4, -0.2) is 11.1 Å². The van der Waals surface area contributed by atoms with Crippen LogP contribution in [0.15, 0.2) is 22.7 Å². The van der Waals surface area contributed by atoms with Gasteiger partial charge in [0.05, 0.1) is 10.4 Å². The summed E-state index contributed by atoms with van der Waals surface area (Å²) in [6, 6.07) is 5.25. The van der Waals surface area contributed by atoms with E-state index < -0.39 is 5.97 Å². The molecule has 0 atom stereocenters. The molecule has 72 valence electrons. The van der Waals surface area contributed by atoms with Crippen molar-refractivity contribution >= 4 is 49.0 Å². The number of thiophene rings is 1. The van der Waals surface area contributed by atoms with Crippen molar-refractivity contribution in [1.29, 1.82) is 0 Å². The van der Waals surface area contributed by atoms with Crippen molar-refractivity contribution in [3.05, 3.63) is 27.5 Å². The molecule has 1 aromatic heterocycles. The monoisotopic (exact) mass is 271 g/mol. The summed E-state index contributed by atoms with van der Waals surface area (Å²) in [5, 5.41) is 9.66. The first-order valence-corrected chi connectivity index (χ1v) is 5.41. The summed E-state index contributed by atoms with van der Waals surface area (Å²) in [5.41, 5.74) is 6.36. The fourth-order valence-electron chi connectivity index (χ4n) is 1.25. The average molecular weight is 272 g/mol. The van der Waals surface area contributed by atoms with Crippen molar-refractivity contribution in [3.63, 3.8) is 0 Å². The van der Waals surface area contributed by atoms with E-state index in [2.05, 4.69) is 15.9 Å². The highest BCUT2D eigenvalue weighted by Crippen LogP contribution is 2.33. The van der Waals surface area contributed by atoms with Gasteiger partial charge in [-0.1, -0.05) is 15.9 Å². The molecule has 0 amide bonds. The average Bonchev–Trinajstić information content (AvgIpc) is 2.47. The zero-order valence-corrected chi connectivity index (χ0v) is 9.35. The summed E-state index contributed by atoms with van der Waals surface area (Å²) in [4.78, 5) is 11.0. The molecule has 0 aliphatic carbocycles. The Morgan fingerprint density at radius 2 is 2.14 bits per heavy atom. The van der Waals surface area contributed by atoms with E-state index in [1.165, 1.54) is 11.3 Å². The van der Waals surface area contributed by atoms with E-state index in [1.54, 1.807) is 12.1 Å². The van der Waals surface area contributed by atoms with Crippen molar-refractivity contribution in [2.24, 2.45) is 0 Å². The molecule has 0 saturated carbocycles. The Morgan fingerprint density at radius 3 is 2.79 bits per heavy atom. The highest BCUT2D eigenvalue weighted by atomic mass is 79.9. The molecule has 0 unspecified atom stereocenters. The van der Waals surface area contributed by atoms with Gasteiger partial charge in [0.15, 0.2) is 0 Å². The third-order valence-corrected chi connectivity index (χ3v) is 3.47. The Morgan fingerprint density at radius 1 is 1.43 bits per heavy atom. The van der Waals surface area contributed by atoms with Gasteiger partial charge >= 0.3 is 5.97 Å². The van der Waals surface area contributed by atoms with Crippen LogP contribution in [0.3, 0.4) is 0 Å². The van der Waals surface area contributed by atoms with Gasteiger partial charge in [-0.15, -0.1) is 11.3 Å². The number of carboxylic acid groups (broad SMARTS) is 1. The van der Waals surface area contributed by atoms with Gasteiger partial charge < -0.3 is 10.8 Å². The molecule has 2 aromatic rings. The Hall–Kier alpha value is -1.07. The highest BCUT2D eigenvalue weighted by molar-refractivity contribution is 9.10.